The first-order chi connectivity index (χ1) is 13.6. The second-order valence-corrected chi connectivity index (χ2v) is 7.10. The second kappa shape index (κ2) is 4.92. The molecule has 6 nitrogen and oxygen atoms in total. The van der Waals surface area contributed by atoms with E-state index in [4.69, 9.17) is 4.74 Å². The van der Waals surface area contributed by atoms with Crippen LogP contribution in [0.4, 0.5) is 0 Å². The van der Waals surface area contributed by atoms with Crippen LogP contribution in [0.25, 0.3) is 38.2 Å². The Bertz CT molecular complexity index is 1520. The van der Waals surface area contributed by atoms with Gasteiger partial charge in [-0.15, -0.1) is 0 Å². The summed E-state index contributed by atoms with van der Waals surface area (Å²) < 4.78 is 9.39. The van der Waals surface area contributed by atoms with Crippen molar-refractivity contribution in [2.75, 3.05) is 7.11 Å². The maximum absolute atomic E-state index is 12.8. The van der Waals surface area contributed by atoms with Gasteiger partial charge in [-0.05, 0) is 30.3 Å². The molecule has 2 amide bonds. The molecule has 5 aromatic rings. The van der Waals surface area contributed by atoms with E-state index >= 15 is 0 Å². The molecule has 6 rings (SSSR count). The summed E-state index contributed by atoms with van der Waals surface area (Å²) in [6, 6.07) is 15.8. The molecule has 1 N–H and O–H groups in total. The lowest BCUT2D eigenvalue weighted by Crippen LogP contribution is -2.20. The van der Waals surface area contributed by atoms with E-state index in [-0.39, 0.29) is 11.8 Å². The number of rotatable bonds is 1. The number of fused-ring (bicyclic) bond motifs is 10. The number of benzene rings is 2. The highest BCUT2D eigenvalue weighted by atomic mass is 16.5. The van der Waals surface area contributed by atoms with Crippen LogP contribution in [0.3, 0.4) is 0 Å². The number of nitrogens with one attached hydrogen (secondary N) is 1. The Hall–Kier alpha value is -3.80. The summed E-state index contributed by atoms with van der Waals surface area (Å²) in [4.78, 5) is 25.6. The van der Waals surface area contributed by atoms with Gasteiger partial charge in [-0.1, -0.05) is 18.2 Å². The first-order valence-electron chi connectivity index (χ1n) is 8.98. The Morgan fingerprint density at radius 3 is 2.57 bits per heavy atom. The number of para-hydroxylation sites is 1. The smallest absolute Gasteiger partial charge is 0.275 e. The minimum absolute atomic E-state index is 0.361. The number of carbonyl (C=O) groups is 2. The highest BCUT2D eigenvalue weighted by Crippen LogP contribution is 2.40. The van der Waals surface area contributed by atoms with Crippen LogP contribution in [0.15, 0.2) is 48.5 Å². The third kappa shape index (κ3) is 1.63. The van der Waals surface area contributed by atoms with Crippen LogP contribution in [-0.4, -0.2) is 27.9 Å². The summed E-state index contributed by atoms with van der Waals surface area (Å²) in [5, 5.41) is 5.18. The fraction of sp³-hybridized carbons (Fsp3) is 0.0909. The molecular formula is C22H15N3O3. The van der Waals surface area contributed by atoms with Crippen LogP contribution in [0.1, 0.15) is 20.8 Å². The topological polar surface area (TPSA) is 64.7 Å². The molecule has 6 heteroatoms. The number of methoxy groups -OCH3 is 1. The van der Waals surface area contributed by atoms with Gasteiger partial charge in [0.25, 0.3) is 11.8 Å². The maximum Gasteiger partial charge on any atom is 0.275 e. The number of pyridine rings is 1. The zero-order valence-electron chi connectivity index (χ0n) is 15.2. The predicted octanol–water partition coefficient (Wildman–Crippen LogP) is 3.63. The van der Waals surface area contributed by atoms with Crippen LogP contribution in [0, 0.1) is 0 Å². The van der Waals surface area contributed by atoms with E-state index in [2.05, 4.69) is 16.0 Å². The minimum Gasteiger partial charge on any atom is -0.497 e. The molecule has 0 atom stereocenters. The minimum atomic E-state index is -0.367. The van der Waals surface area contributed by atoms with Crippen LogP contribution in [0.2, 0.25) is 0 Å². The molecule has 4 heterocycles. The van der Waals surface area contributed by atoms with Gasteiger partial charge in [-0.3, -0.25) is 14.9 Å². The summed E-state index contributed by atoms with van der Waals surface area (Å²) in [6.45, 7) is 0. The number of hydrogen-bond donors (Lipinski definition) is 1. The summed E-state index contributed by atoms with van der Waals surface area (Å²) in [5.41, 5.74) is 4.52. The zero-order valence-corrected chi connectivity index (χ0v) is 15.2. The molecule has 0 radical (unpaired) electrons. The molecule has 0 fully saturated rings. The molecule has 1 aliphatic heterocycles. The number of ether oxygens (including phenoxy) is 1. The second-order valence-electron chi connectivity index (χ2n) is 7.10. The molecule has 28 heavy (non-hydrogen) atoms. The van der Waals surface area contributed by atoms with Crippen LogP contribution in [-0.2, 0) is 7.05 Å². The molecule has 136 valence electrons. The van der Waals surface area contributed by atoms with Crippen molar-refractivity contribution in [1.82, 2.24) is 14.3 Å². The SMILES string of the molecule is COc1ccc2c(c1)c1c3c(n4c5ccccc5cc4c1n2C)C(=O)NC3=O. The van der Waals surface area contributed by atoms with Gasteiger partial charge in [-0.25, -0.2) is 0 Å². The summed E-state index contributed by atoms with van der Waals surface area (Å²) in [7, 11) is 3.60. The Morgan fingerprint density at radius 1 is 0.929 bits per heavy atom. The van der Waals surface area contributed by atoms with Crippen molar-refractivity contribution in [2.45, 2.75) is 0 Å². The summed E-state index contributed by atoms with van der Waals surface area (Å²) in [5.74, 6) is -0.0212. The van der Waals surface area contributed by atoms with Crippen molar-refractivity contribution >= 4 is 50.0 Å². The number of aromatic nitrogens is 2. The molecule has 0 saturated carbocycles. The highest BCUT2D eigenvalue weighted by molar-refractivity contribution is 6.32. The maximum atomic E-state index is 12.8. The number of imide groups is 1. The molecule has 0 bridgehead atoms. The van der Waals surface area contributed by atoms with Gasteiger partial charge in [0.15, 0.2) is 0 Å². The van der Waals surface area contributed by atoms with Gasteiger partial charge in [-0.2, -0.15) is 0 Å². The Labute approximate surface area is 158 Å². The average Bonchev–Trinajstić information content (AvgIpc) is 3.31. The van der Waals surface area contributed by atoms with E-state index in [0.29, 0.717) is 17.0 Å². The fourth-order valence-electron chi connectivity index (χ4n) is 4.56. The molecule has 1 aliphatic rings. The van der Waals surface area contributed by atoms with Gasteiger partial charge >= 0.3 is 0 Å². The average molecular weight is 369 g/mol. The largest absolute Gasteiger partial charge is 0.497 e. The van der Waals surface area contributed by atoms with Crippen molar-refractivity contribution < 1.29 is 14.3 Å². The molecule has 0 spiro atoms. The van der Waals surface area contributed by atoms with E-state index in [9.17, 15) is 9.59 Å². The van der Waals surface area contributed by atoms with Crippen LogP contribution < -0.4 is 10.1 Å². The molecule has 0 unspecified atom stereocenters. The van der Waals surface area contributed by atoms with Gasteiger partial charge in [0.1, 0.15) is 11.4 Å². The molecule has 0 aliphatic carbocycles. The number of hydrogen-bond acceptors (Lipinski definition) is 3. The van der Waals surface area contributed by atoms with Gasteiger partial charge in [0.05, 0.1) is 29.2 Å². The first-order valence-corrected chi connectivity index (χ1v) is 8.98. The monoisotopic (exact) mass is 369 g/mol. The number of amides is 2. The summed E-state index contributed by atoms with van der Waals surface area (Å²) >= 11 is 0. The lowest BCUT2D eigenvalue weighted by Gasteiger charge is -2.07. The van der Waals surface area contributed by atoms with Crippen molar-refractivity contribution in [3.05, 3.63) is 59.8 Å². The van der Waals surface area contributed by atoms with Gasteiger partial charge < -0.3 is 13.7 Å². The molecule has 2 aromatic carbocycles. The normalized spacial score (nSPS) is 13.8. The van der Waals surface area contributed by atoms with E-state index in [1.165, 1.54) is 0 Å². The van der Waals surface area contributed by atoms with Crippen molar-refractivity contribution in [1.29, 1.82) is 0 Å². The van der Waals surface area contributed by atoms with E-state index in [1.54, 1.807) is 7.11 Å². The third-order valence-corrected chi connectivity index (χ3v) is 5.74. The van der Waals surface area contributed by atoms with Crippen LogP contribution >= 0.6 is 0 Å². The van der Waals surface area contributed by atoms with Gasteiger partial charge in [0, 0.05) is 28.7 Å². The van der Waals surface area contributed by atoms with Crippen LogP contribution in [0.5, 0.6) is 5.75 Å². The zero-order chi connectivity index (χ0) is 19.2. The van der Waals surface area contributed by atoms with Crippen molar-refractivity contribution in [2.24, 2.45) is 7.05 Å². The Morgan fingerprint density at radius 2 is 1.75 bits per heavy atom. The highest BCUT2D eigenvalue weighted by Gasteiger charge is 2.35. The third-order valence-electron chi connectivity index (χ3n) is 5.74. The molecule has 0 saturated heterocycles. The first kappa shape index (κ1) is 15.3. The lowest BCUT2D eigenvalue weighted by atomic mass is 10.1. The standard InChI is InChI=1S/C22H15N3O3/c1-24-15-8-7-12(28-2)10-13(15)17-18-20(22(27)23-21(18)26)25-14-6-4-3-5-11(14)9-16(25)19(17)24/h3-10H,1-2H3,(H,23,26,27). The Kier molecular flexibility index (Phi) is 2.69. The quantitative estimate of drug-likeness (QED) is 0.459. The number of carbonyl (C=O) groups excluding carboxylic acids is 2. The van der Waals surface area contributed by atoms with Crippen molar-refractivity contribution in [3.8, 4) is 5.75 Å². The lowest BCUT2D eigenvalue weighted by molar-refractivity contribution is 0.0878. The summed E-state index contributed by atoms with van der Waals surface area (Å²) in [6.07, 6.45) is 0. The van der Waals surface area contributed by atoms with E-state index in [0.717, 1.165) is 38.2 Å². The van der Waals surface area contributed by atoms with Crippen molar-refractivity contribution in [3.63, 3.8) is 0 Å². The van der Waals surface area contributed by atoms with Gasteiger partial charge in [0.2, 0.25) is 0 Å². The van der Waals surface area contributed by atoms with E-state index < -0.39 is 0 Å². The van der Waals surface area contributed by atoms with E-state index in [1.807, 2.05) is 53.9 Å². The predicted molar refractivity (Wildman–Crippen MR) is 107 cm³/mol. The fourth-order valence-corrected chi connectivity index (χ4v) is 4.56. The Balaban J connectivity index is 2.00. The molecule has 3 aromatic heterocycles. The number of nitrogens with zero attached hydrogens (tertiary/aromatic N) is 2. The molecular weight excluding hydrogens is 354 g/mol. The number of aryl methyl sites for hydroxylation is 1.